The van der Waals surface area contributed by atoms with Gasteiger partial charge >= 0.3 is 0 Å². The Kier molecular flexibility index (Phi) is 4.60. The molecule has 1 unspecified atom stereocenters. The van der Waals surface area contributed by atoms with Gasteiger partial charge in [0.25, 0.3) is 5.91 Å². The molecule has 2 rings (SSSR count). The van der Waals surface area contributed by atoms with Crippen molar-refractivity contribution < 1.29 is 9.90 Å². The van der Waals surface area contributed by atoms with E-state index >= 15 is 0 Å². The van der Waals surface area contributed by atoms with E-state index in [0.29, 0.717) is 12.1 Å². The van der Waals surface area contributed by atoms with Crippen molar-refractivity contribution in [3.8, 4) is 0 Å². The molecule has 0 spiro atoms. The molecule has 1 fully saturated rings. The zero-order valence-corrected chi connectivity index (χ0v) is 11.3. The van der Waals surface area contributed by atoms with Gasteiger partial charge in [0.05, 0.1) is 16.7 Å². The van der Waals surface area contributed by atoms with Crippen LogP contribution in [0.2, 0.25) is 0 Å². The average Bonchev–Trinajstić information content (AvgIpc) is 2.39. The number of carbonyl (C=O) groups excluding carboxylic acids is 1. The molecule has 1 N–H and O–H groups in total. The fourth-order valence-electron chi connectivity index (χ4n) is 2.06. The van der Waals surface area contributed by atoms with Crippen LogP contribution < -0.4 is 0 Å². The largest absolute Gasteiger partial charge is 0.391 e. The lowest BCUT2D eigenvalue weighted by Crippen LogP contribution is -2.42. The van der Waals surface area contributed by atoms with Crippen molar-refractivity contribution in [2.24, 2.45) is 0 Å². The molecule has 1 saturated heterocycles. The smallest absolute Gasteiger partial charge is 0.255 e. The first-order chi connectivity index (χ1) is 8.70. The minimum atomic E-state index is -0.384. The second-order valence-electron chi connectivity index (χ2n) is 4.37. The quantitative estimate of drug-likeness (QED) is 0.848. The second kappa shape index (κ2) is 6.20. The summed E-state index contributed by atoms with van der Waals surface area (Å²) in [4.78, 5) is 18.1. The van der Waals surface area contributed by atoms with Crippen LogP contribution in [-0.2, 0) is 0 Å². The van der Waals surface area contributed by atoms with Gasteiger partial charge in [0.15, 0.2) is 0 Å². The number of amides is 1. The number of β-amino-alcohol motifs (C(OH)–C–C–N with tert-alkyl or cyclic N) is 1. The Balaban J connectivity index is 2.03. The number of aromatic nitrogens is 1. The van der Waals surface area contributed by atoms with Crippen LogP contribution in [0.4, 0.5) is 0 Å². The first kappa shape index (κ1) is 13.4. The third-order valence-corrected chi connectivity index (χ3v) is 3.79. The highest BCUT2D eigenvalue weighted by molar-refractivity contribution is 7.99. The van der Waals surface area contributed by atoms with Crippen molar-refractivity contribution in [3.63, 3.8) is 0 Å². The molecule has 1 aliphatic rings. The molecule has 1 atom stereocenters. The first-order valence-corrected chi connectivity index (χ1v) is 7.25. The standard InChI is InChI=1S/C13H18N2O2S/c1-2-18-12-6-5-10(8-14-12)13(17)15-7-3-4-11(16)9-15/h5-6,8,11,16H,2-4,7,9H2,1H3. The maximum absolute atomic E-state index is 12.2. The lowest BCUT2D eigenvalue weighted by atomic mass is 10.1. The Morgan fingerprint density at radius 2 is 2.44 bits per heavy atom. The van der Waals surface area contributed by atoms with E-state index in [-0.39, 0.29) is 12.0 Å². The number of likely N-dealkylation sites (tertiary alicyclic amines) is 1. The number of aliphatic hydroxyl groups excluding tert-OH is 1. The van der Waals surface area contributed by atoms with Crippen LogP contribution in [0.25, 0.3) is 0 Å². The summed E-state index contributed by atoms with van der Waals surface area (Å²) in [5, 5.41) is 10.5. The van der Waals surface area contributed by atoms with Gasteiger partial charge < -0.3 is 10.0 Å². The van der Waals surface area contributed by atoms with E-state index in [4.69, 9.17) is 0 Å². The van der Waals surface area contributed by atoms with E-state index < -0.39 is 0 Å². The Labute approximate surface area is 111 Å². The van der Waals surface area contributed by atoms with E-state index in [0.717, 1.165) is 30.2 Å². The van der Waals surface area contributed by atoms with Crippen LogP contribution in [0.3, 0.4) is 0 Å². The zero-order chi connectivity index (χ0) is 13.0. The van der Waals surface area contributed by atoms with Crippen LogP contribution in [0.15, 0.2) is 23.4 Å². The Hall–Kier alpha value is -1.07. The molecular formula is C13H18N2O2S. The number of hydrogen-bond donors (Lipinski definition) is 1. The number of piperidine rings is 1. The van der Waals surface area contributed by atoms with Crippen molar-refractivity contribution in [2.45, 2.75) is 30.9 Å². The monoisotopic (exact) mass is 266 g/mol. The predicted molar refractivity (Wildman–Crippen MR) is 71.8 cm³/mol. The summed E-state index contributed by atoms with van der Waals surface area (Å²) in [6.45, 7) is 3.23. The lowest BCUT2D eigenvalue weighted by Gasteiger charge is -2.30. The summed E-state index contributed by atoms with van der Waals surface area (Å²) in [5.41, 5.74) is 0.601. The molecule has 1 aromatic rings. The lowest BCUT2D eigenvalue weighted by molar-refractivity contribution is 0.0473. The number of rotatable bonds is 3. The zero-order valence-electron chi connectivity index (χ0n) is 10.5. The number of aliphatic hydroxyl groups is 1. The number of nitrogens with zero attached hydrogens (tertiary/aromatic N) is 2. The number of pyridine rings is 1. The van der Waals surface area contributed by atoms with Crippen molar-refractivity contribution in [1.29, 1.82) is 0 Å². The SMILES string of the molecule is CCSc1ccc(C(=O)N2CCCC(O)C2)cn1. The predicted octanol–water partition coefficient (Wildman–Crippen LogP) is 1.79. The number of thioether (sulfide) groups is 1. The summed E-state index contributed by atoms with van der Waals surface area (Å²) in [5.74, 6) is 0.938. The van der Waals surface area contributed by atoms with E-state index in [1.807, 2.05) is 12.1 Å². The van der Waals surface area contributed by atoms with Crippen molar-refractivity contribution >= 4 is 17.7 Å². The van der Waals surface area contributed by atoms with Gasteiger partial charge in [0, 0.05) is 19.3 Å². The average molecular weight is 266 g/mol. The van der Waals surface area contributed by atoms with Gasteiger partial charge in [-0.2, -0.15) is 0 Å². The molecule has 0 radical (unpaired) electrons. The van der Waals surface area contributed by atoms with Crippen LogP contribution in [0.1, 0.15) is 30.1 Å². The molecule has 1 amide bonds. The molecule has 0 aliphatic carbocycles. The number of hydrogen-bond acceptors (Lipinski definition) is 4. The molecule has 18 heavy (non-hydrogen) atoms. The minimum absolute atomic E-state index is 0.0331. The summed E-state index contributed by atoms with van der Waals surface area (Å²) in [6.07, 6.45) is 2.89. The van der Waals surface area contributed by atoms with E-state index in [1.54, 1.807) is 22.9 Å². The molecule has 1 aliphatic heterocycles. The highest BCUT2D eigenvalue weighted by Crippen LogP contribution is 2.17. The summed E-state index contributed by atoms with van der Waals surface area (Å²) in [7, 11) is 0. The topological polar surface area (TPSA) is 53.4 Å². The van der Waals surface area contributed by atoms with Gasteiger partial charge in [-0.3, -0.25) is 4.79 Å². The molecule has 4 nitrogen and oxygen atoms in total. The third-order valence-electron chi connectivity index (χ3n) is 2.96. The first-order valence-electron chi connectivity index (χ1n) is 6.27. The highest BCUT2D eigenvalue weighted by atomic mass is 32.2. The van der Waals surface area contributed by atoms with E-state index in [1.165, 1.54) is 0 Å². The van der Waals surface area contributed by atoms with Gasteiger partial charge in [-0.15, -0.1) is 11.8 Å². The van der Waals surface area contributed by atoms with Gasteiger partial charge in [0.1, 0.15) is 0 Å². The Morgan fingerprint density at radius 1 is 1.61 bits per heavy atom. The van der Waals surface area contributed by atoms with E-state index in [9.17, 15) is 9.90 Å². The molecule has 1 aromatic heterocycles. The molecule has 0 aromatic carbocycles. The highest BCUT2D eigenvalue weighted by Gasteiger charge is 2.23. The third kappa shape index (κ3) is 3.23. The fraction of sp³-hybridized carbons (Fsp3) is 0.538. The summed E-state index contributed by atoms with van der Waals surface area (Å²) in [6, 6.07) is 3.69. The van der Waals surface area contributed by atoms with Crippen molar-refractivity contribution in [3.05, 3.63) is 23.9 Å². The van der Waals surface area contributed by atoms with Crippen LogP contribution in [0, 0.1) is 0 Å². The second-order valence-corrected chi connectivity index (χ2v) is 5.65. The van der Waals surface area contributed by atoms with Crippen LogP contribution in [-0.4, -0.2) is 45.8 Å². The van der Waals surface area contributed by atoms with Gasteiger partial charge in [0.2, 0.25) is 0 Å². The molecule has 98 valence electrons. The summed E-state index contributed by atoms with van der Waals surface area (Å²) < 4.78 is 0. The van der Waals surface area contributed by atoms with Crippen molar-refractivity contribution in [1.82, 2.24) is 9.88 Å². The van der Waals surface area contributed by atoms with Crippen molar-refractivity contribution in [2.75, 3.05) is 18.8 Å². The molecule has 2 heterocycles. The maximum atomic E-state index is 12.2. The summed E-state index contributed by atoms with van der Waals surface area (Å²) >= 11 is 1.66. The van der Waals surface area contributed by atoms with Gasteiger partial charge in [-0.25, -0.2) is 4.98 Å². The molecule has 0 bridgehead atoms. The Bertz CT molecular complexity index is 408. The van der Waals surface area contributed by atoms with Gasteiger partial charge in [-0.05, 0) is 30.7 Å². The fourth-order valence-corrected chi connectivity index (χ4v) is 2.65. The molecular weight excluding hydrogens is 248 g/mol. The normalized spacial score (nSPS) is 19.9. The molecule has 5 heteroatoms. The minimum Gasteiger partial charge on any atom is -0.391 e. The Morgan fingerprint density at radius 3 is 3.06 bits per heavy atom. The van der Waals surface area contributed by atoms with E-state index in [2.05, 4.69) is 11.9 Å². The maximum Gasteiger partial charge on any atom is 0.255 e. The van der Waals surface area contributed by atoms with Crippen LogP contribution in [0.5, 0.6) is 0 Å². The van der Waals surface area contributed by atoms with Crippen LogP contribution >= 0.6 is 11.8 Å². The van der Waals surface area contributed by atoms with Gasteiger partial charge in [-0.1, -0.05) is 6.92 Å². The molecule has 0 saturated carbocycles. The number of carbonyl (C=O) groups is 1.